The van der Waals surface area contributed by atoms with Gasteiger partial charge in [0.05, 0.1) is 6.26 Å². The summed E-state index contributed by atoms with van der Waals surface area (Å²) in [4.78, 5) is 14.2. The number of nitrogens with one attached hydrogen (secondary N) is 1. The number of rotatable bonds is 3. The molecule has 0 saturated carbocycles. The molecule has 0 radical (unpaired) electrons. The maximum Gasteiger partial charge on any atom is 0.253 e. The van der Waals surface area contributed by atoms with E-state index in [9.17, 15) is 4.79 Å². The topological polar surface area (TPSA) is 45.5 Å². The van der Waals surface area contributed by atoms with Crippen molar-refractivity contribution in [3.8, 4) is 0 Å². The molecule has 0 unspecified atom stereocenters. The lowest BCUT2D eigenvalue weighted by Gasteiger charge is -2.17. The molecule has 1 N–H and O–H groups in total. The molecule has 1 aliphatic rings. The van der Waals surface area contributed by atoms with E-state index in [1.165, 1.54) is 11.1 Å². The minimum absolute atomic E-state index is 0.0419. The second-order valence-corrected chi connectivity index (χ2v) is 5.25. The van der Waals surface area contributed by atoms with Crippen molar-refractivity contribution in [2.45, 2.75) is 26.6 Å². The number of hydrogen-bond acceptors (Lipinski definition) is 3. The highest BCUT2D eigenvalue weighted by atomic mass is 16.3. The summed E-state index contributed by atoms with van der Waals surface area (Å²) in [6, 6.07) is 7.86. The van der Waals surface area contributed by atoms with Gasteiger partial charge in [-0.1, -0.05) is 6.07 Å². The Kier molecular flexibility index (Phi) is 3.32. The van der Waals surface area contributed by atoms with Gasteiger partial charge in [0.15, 0.2) is 0 Å². The van der Waals surface area contributed by atoms with E-state index in [2.05, 4.69) is 5.32 Å². The van der Waals surface area contributed by atoms with Crippen LogP contribution >= 0.6 is 0 Å². The Morgan fingerprint density at radius 3 is 2.85 bits per heavy atom. The van der Waals surface area contributed by atoms with Crippen LogP contribution in [-0.2, 0) is 19.6 Å². The maximum atomic E-state index is 12.5. The van der Waals surface area contributed by atoms with Gasteiger partial charge < -0.3 is 14.6 Å². The van der Waals surface area contributed by atoms with Gasteiger partial charge in [0.25, 0.3) is 5.91 Å². The van der Waals surface area contributed by atoms with Gasteiger partial charge in [0.1, 0.15) is 5.76 Å². The molecule has 2 heterocycles. The van der Waals surface area contributed by atoms with Gasteiger partial charge in [-0.2, -0.15) is 0 Å². The lowest BCUT2D eigenvalue weighted by molar-refractivity contribution is 0.0784. The normalized spacial score (nSPS) is 13.3. The number of amides is 1. The van der Waals surface area contributed by atoms with Crippen molar-refractivity contribution in [1.29, 1.82) is 0 Å². The molecular formula is C16H18N2O2. The van der Waals surface area contributed by atoms with Crippen molar-refractivity contribution in [2.75, 3.05) is 7.05 Å². The third kappa shape index (κ3) is 2.34. The van der Waals surface area contributed by atoms with E-state index in [-0.39, 0.29) is 5.91 Å². The van der Waals surface area contributed by atoms with Crippen molar-refractivity contribution >= 4 is 5.91 Å². The Hall–Kier alpha value is -2.07. The number of benzene rings is 1. The van der Waals surface area contributed by atoms with Gasteiger partial charge in [-0.3, -0.25) is 4.79 Å². The first kappa shape index (κ1) is 12.9. The molecule has 0 bridgehead atoms. The van der Waals surface area contributed by atoms with Gasteiger partial charge in [0, 0.05) is 37.8 Å². The predicted octanol–water partition coefficient (Wildman–Crippen LogP) is 2.46. The van der Waals surface area contributed by atoms with E-state index < -0.39 is 0 Å². The van der Waals surface area contributed by atoms with E-state index in [1.54, 1.807) is 11.2 Å². The largest absolute Gasteiger partial charge is 0.469 e. The summed E-state index contributed by atoms with van der Waals surface area (Å²) in [6.07, 6.45) is 1.66. The number of hydrogen-bond donors (Lipinski definition) is 1. The van der Waals surface area contributed by atoms with Crippen LogP contribution < -0.4 is 5.32 Å². The quantitative estimate of drug-likeness (QED) is 0.932. The SMILES string of the molecule is Cc1occc1CN(C)C(=O)c1ccc2c(c1)CNC2. The van der Waals surface area contributed by atoms with Gasteiger partial charge in [-0.15, -0.1) is 0 Å². The number of fused-ring (bicyclic) bond motifs is 1. The Bertz CT molecular complexity index is 646. The summed E-state index contributed by atoms with van der Waals surface area (Å²) in [5, 5.41) is 3.29. The molecule has 0 saturated heterocycles. The molecule has 20 heavy (non-hydrogen) atoms. The number of carbonyl (C=O) groups is 1. The standard InChI is InChI=1S/C16H18N2O2/c1-11-14(5-6-20-11)10-18(2)16(19)12-3-4-13-8-17-9-15(13)7-12/h3-7,17H,8-10H2,1-2H3. The second kappa shape index (κ2) is 5.13. The minimum Gasteiger partial charge on any atom is -0.469 e. The number of nitrogens with zero attached hydrogens (tertiary/aromatic N) is 1. The highest BCUT2D eigenvalue weighted by Crippen LogP contribution is 2.19. The summed E-state index contributed by atoms with van der Waals surface area (Å²) in [5.41, 5.74) is 4.30. The van der Waals surface area contributed by atoms with Crippen LogP contribution in [0.2, 0.25) is 0 Å². The van der Waals surface area contributed by atoms with E-state index in [0.29, 0.717) is 6.54 Å². The summed E-state index contributed by atoms with van der Waals surface area (Å²) >= 11 is 0. The van der Waals surface area contributed by atoms with E-state index in [4.69, 9.17) is 4.42 Å². The molecule has 2 aromatic rings. The van der Waals surface area contributed by atoms with E-state index >= 15 is 0 Å². The lowest BCUT2D eigenvalue weighted by Crippen LogP contribution is -2.26. The number of aryl methyl sites for hydroxylation is 1. The van der Waals surface area contributed by atoms with Crippen LogP contribution in [0.1, 0.15) is 32.8 Å². The van der Waals surface area contributed by atoms with Crippen molar-refractivity contribution in [2.24, 2.45) is 0 Å². The molecule has 4 heteroatoms. The first-order valence-corrected chi connectivity index (χ1v) is 6.76. The highest BCUT2D eigenvalue weighted by Gasteiger charge is 2.17. The van der Waals surface area contributed by atoms with Gasteiger partial charge in [-0.05, 0) is 36.2 Å². The lowest BCUT2D eigenvalue weighted by atomic mass is 10.1. The summed E-state index contributed by atoms with van der Waals surface area (Å²) in [5.74, 6) is 0.906. The van der Waals surface area contributed by atoms with Gasteiger partial charge in [-0.25, -0.2) is 0 Å². The van der Waals surface area contributed by atoms with Crippen LogP contribution in [-0.4, -0.2) is 17.9 Å². The maximum absolute atomic E-state index is 12.5. The van der Waals surface area contributed by atoms with Crippen molar-refractivity contribution in [3.63, 3.8) is 0 Å². The van der Waals surface area contributed by atoms with Crippen LogP contribution in [0, 0.1) is 6.92 Å². The van der Waals surface area contributed by atoms with Crippen LogP contribution in [0.5, 0.6) is 0 Å². The zero-order valence-electron chi connectivity index (χ0n) is 11.8. The molecule has 1 aliphatic heterocycles. The molecule has 1 aromatic carbocycles. The zero-order chi connectivity index (χ0) is 14.1. The van der Waals surface area contributed by atoms with Gasteiger partial charge in [0.2, 0.25) is 0 Å². The van der Waals surface area contributed by atoms with Crippen molar-refractivity contribution in [1.82, 2.24) is 10.2 Å². The Balaban J connectivity index is 1.76. The fourth-order valence-electron chi connectivity index (χ4n) is 2.55. The van der Waals surface area contributed by atoms with E-state index in [1.807, 2.05) is 38.2 Å². The van der Waals surface area contributed by atoms with E-state index in [0.717, 1.165) is 30.0 Å². The molecular weight excluding hydrogens is 252 g/mol. The molecule has 1 aromatic heterocycles. The zero-order valence-corrected chi connectivity index (χ0v) is 11.8. The molecule has 0 aliphatic carbocycles. The van der Waals surface area contributed by atoms with Crippen molar-refractivity contribution in [3.05, 3.63) is 58.5 Å². The average Bonchev–Trinajstić information content (AvgIpc) is 3.06. The second-order valence-electron chi connectivity index (χ2n) is 5.25. The van der Waals surface area contributed by atoms with Crippen LogP contribution in [0.3, 0.4) is 0 Å². The fraction of sp³-hybridized carbons (Fsp3) is 0.312. The summed E-state index contributed by atoms with van der Waals surface area (Å²) in [7, 11) is 1.82. The summed E-state index contributed by atoms with van der Waals surface area (Å²) in [6.45, 7) is 4.22. The summed E-state index contributed by atoms with van der Waals surface area (Å²) < 4.78 is 5.27. The van der Waals surface area contributed by atoms with Crippen molar-refractivity contribution < 1.29 is 9.21 Å². The monoisotopic (exact) mass is 270 g/mol. The first-order valence-electron chi connectivity index (χ1n) is 6.76. The predicted molar refractivity (Wildman–Crippen MR) is 76.2 cm³/mol. The molecule has 0 atom stereocenters. The number of furan rings is 1. The van der Waals surface area contributed by atoms with Crippen LogP contribution in [0.15, 0.2) is 34.9 Å². The Labute approximate surface area is 118 Å². The number of carbonyl (C=O) groups excluding carboxylic acids is 1. The molecule has 1 amide bonds. The molecule has 104 valence electrons. The molecule has 4 nitrogen and oxygen atoms in total. The highest BCUT2D eigenvalue weighted by molar-refractivity contribution is 5.94. The van der Waals surface area contributed by atoms with Gasteiger partial charge >= 0.3 is 0 Å². The fourth-order valence-corrected chi connectivity index (χ4v) is 2.55. The third-order valence-corrected chi connectivity index (χ3v) is 3.80. The Morgan fingerprint density at radius 2 is 2.10 bits per heavy atom. The average molecular weight is 270 g/mol. The molecule has 0 fully saturated rings. The molecule has 3 rings (SSSR count). The first-order chi connectivity index (χ1) is 9.65. The molecule has 0 spiro atoms. The van der Waals surface area contributed by atoms with Crippen LogP contribution in [0.25, 0.3) is 0 Å². The smallest absolute Gasteiger partial charge is 0.253 e. The van der Waals surface area contributed by atoms with Crippen LogP contribution in [0.4, 0.5) is 0 Å². The Morgan fingerprint density at radius 1 is 1.30 bits per heavy atom. The minimum atomic E-state index is 0.0419. The third-order valence-electron chi connectivity index (χ3n) is 3.80.